The summed E-state index contributed by atoms with van der Waals surface area (Å²) in [5, 5.41) is 3.26. The zero-order valence-electron chi connectivity index (χ0n) is 17.7. The van der Waals surface area contributed by atoms with Gasteiger partial charge in [-0.3, -0.25) is 4.79 Å². The molecule has 1 saturated carbocycles. The van der Waals surface area contributed by atoms with Crippen LogP contribution in [0.25, 0.3) is 0 Å². The van der Waals surface area contributed by atoms with Crippen LogP contribution in [0.5, 0.6) is 0 Å². The lowest BCUT2D eigenvalue weighted by atomic mass is 9.73. The lowest BCUT2D eigenvalue weighted by molar-refractivity contribution is -0.122. The van der Waals surface area contributed by atoms with Gasteiger partial charge in [-0.2, -0.15) is 0 Å². The summed E-state index contributed by atoms with van der Waals surface area (Å²) in [5.41, 5.74) is 3.30. The van der Waals surface area contributed by atoms with E-state index in [9.17, 15) is 4.79 Å². The maximum absolute atomic E-state index is 12.6. The Bertz CT molecular complexity index is 715. The standard InChI is InChI=1S/C25H36N2O2/c28-24(26-21-4-3-5-21)16-20-17-25(23-7-2-1-6-22(20)23)10-12-27(13-11-25)18-19-8-14-29-15-9-19/h1-2,6-7,19-21H,3-5,8-18H2,(H,26,28)/t20-/m0/s1. The molecule has 0 bridgehead atoms. The van der Waals surface area contributed by atoms with Gasteiger partial charge in [-0.25, -0.2) is 0 Å². The molecule has 4 nitrogen and oxygen atoms in total. The van der Waals surface area contributed by atoms with Crippen LogP contribution in [-0.4, -0.2) is 49.7 Å². The molecule has 4 heteroatoms. The van der Waals surface area contributed by atoms with Crippen LogP contribution >= 0.6 is 0 Å². The molecule has 2 heterocycles. The first-order valence-electron chi connectivity index (χ1n) is 11.9. The van der Waals surface area contributed by atoms with E-state index in [0.717, 1.165) is 25.6 Å². The van der Waals surface area contributed by atoms with Crippen molar-refractivity contribution in [1.29, 1.82) is 0 Å². The summed E-state index contributed by atoms with van der Waals surface area (Å²) < 4.78 is 5.53. The monoisotopic (exact) mass is 396 g/mol. The Kier molecular flexibility index (Phi) is 5.66. The van der Waals surface area contributed by atoms with Gasteiger partial charge < -0.3 is 15.0 Å². The number of amides is 1. The zero-order chi connectivity index (χ0) is 19.7. The number of ether oxygens (including phenoxy) is 1. The molecule has 1 aromatic carbocycles. The summed E-state index contributed by atoms with van der Waals surface area (Å²) in [5.74, 6) is 1.48. The first kappa shape index (κ1) is 19.6. The van der Waals surface area contributed by atoms with E-state index in [0.29, 0.717) is 23.8 Å². The molecule has 1 N–H and O–H groups in total. The minimum atomic E-state index is 0.267. The predicted octanol–water partition coefficient (Wildman–Crippen LogP) is 3.99. The molecular formula is C25H36N2O2. The molecule has 1 amide bonds. The van der Waals surface area contributed by atoms with E-state index in [-0.39, 0.29) is 5.91 Å². The van der Waals surface area contributed by atoms with E-state index in [1.54, 1.807) is 5.56 Å². The van der Waals surface area contributed by atoms with E-state index in [1.165, 1.54) is 70.1 Å². The third-order valence-corrected chi connectivity index (χ3v) is 8.18. The zero-order valence-corrected chi connectivity index (χ0v) is 17.7. The summed E-state index contributed by atoms with van der Waals surface area (Å²) in [4.78, 5) is 15.3. The maximum atomic E-state index is 12.6. The second-order valence-corrected chi connectivity index (χ2v) is 10.0. The number of carbonyl (C=O) groups is 1. The number of benzene rings is 1. The molecule has 1 aromatic rings. The predicted molar refractivity (Wildman–Crippen MR) is 115 cm³/mol. The number of nitrogens with zero attached hydrogens (tertiary/aromatic N) is 1. The smallest absolute Gasteiger partial charge is 0.220 e. The van der Waals surface area contributed by atoms with Crippen LogP contribution in [0.1, 0.15) is 74.8 Å². The Morgan fingerprint density at radius 2 is 1.86 bits per heavy atom. The molecular weight excluding hydrogens is 360 g/mol. The van der Waals surface area contributed by atoms with Gasteiger partial charge >= 0.3 is 0 Å². The highest BCUT2D eigenvalue weighted by molar-refractivity contribution is 5.77. The highest BCUT2D eigenvalue weighted by Crippen LogP contribution is 2.52. The minimum Gasteiger partial charge on any atom is -0.381 e. The molecule has 2 aliphatic heterocycles. The van der Waals surface area contributed by atoms with Crippen molar-refractivity contribution in [2.75, 3.05) is 32.8 Å². The Morgan fingerprint density at radius 1 is 1.10 bits per heavy atom. The van der Waals surface area contributed by atoms with Crippen LogP contribution in [0.3, 0.4) is 0 Å². The van der Waals surface area contributed by atoms with Crippen molar-refractivity contribution in [1.82, 2.24) is 10.2 Å². The van der Waals surface area contributed by atoms with Crippen LogP contribution < -0.4 is 5.32 Å². The fraction of sp³-hybridized carbons (Fsp3) is 0.720. The molecule has 1 atom stereocenters. The summed E-state index contributed by atoms with van der Waals surface area (Å²) in [6.45, 7) is 5.54. The van der Waals surface area contributed by atoms with Crippen molar-refractivity contribution in [3.05, 3.63) is 35.4 Å². The average Bonchev–Trinajstić information content (AvgIpc) is 3.01. The largest absolute Gasteiger partial charge is 0.381 e. The van der Waals surface area contributed by atoms with Gasteiger partial charge in [0.1, 0.15) is 0 Å². The van der Waals surface area contributed by atoms with Crippen molar-refractivity contribution < 1.29 is 9.53 Å². The average molecular weight is 397 g/mol. The summed E-state index contributed by atoms with van der Waals surface area (Å²) in [6, 6.07) is 9.45. The number of rotatable bonds is 5. The molecule has 2 saturated heterocycles. The number of piperidine rings is 1. The van der Waals surface area contributed by atoms with E-state index >= 15 is 0 Å². The molecule has 0 aromatic heterocycles. The van der Waals surface area contributed by atoms with Gasteiger partial charge in [0.15, 0.2) is 0 Å². The molecule has 1 spiro atoms. The molecule has 4 aliphatic rings. The first-order chi connectivity index (χ1) is 14.2. The molecule has 0 unspecified atom stereocenters. The lowest BCUT2D eigenvalue weighted by Crippen LogP contribution is -2.44. The highest BCUT2D eigenvalue weighted by atomic mass is 16.5. The third kappa shape index (κ3) is 4.11. The van der Waals surface area contributed by atoms with Crippen molar-refractivity contribution in [2.24, 2.45) is 5.92 Å². The number of carbonyl (C=O) groups excluding carboxylic acids is 1. The van der Waals surface area contributed by atoms with Gasteiger partial charge in [0.2, 0.25) is 5.91 Å². The third-order valence-electron chi connectivity index (χ3n) is 8.18. The molecule has 0 radical (unpaired) electrons. The van der Waals surface area contributed by atoms with Gasteiger partial charge in [0.05, 0.1) is 0 Å². The lowest BCUT2D eigenvalue weighted by Gasteiger charge is -2.42. The van der Waals surface area contributed by atoms with Crippen LogP contribution in [0.15, 0.2) is 24.3 Å². The number of hydrogen-bond acceptors (Lipinski definition) is 3. The van der Waals surface area contributed by atoms with E-state index in [1.807, 2.05) is 0 Å². The molecule has 29 heavy (non-hydrogen) atoms. The SMILES string of the molecule is O=C(C[C@H]1CC2(CCN(CC3CCOCC3)CC2)c2ccccc21)NC1CCC1. The molecule has 158 valence electrons. The first-order valence-corrected chi connectivity index (χ1v) is 11.9. The van der Waals surface area contributed by atoms with Gasteiger partial charge in [-0.15, -0.1) is 0 Å². The van der Waals surface area contributed by atoms with Crippen LogP contribution in [-0.2, 0) is 14.9 Å². The Morgan fingerprint density at radius 3 is 2.59 bits per heavy atom. The van der Waals surface area contributed by atoms with Crippen molar-refractivity contribution in [3.63, 3.8) is 0 Å². The maximum Gasteiger partial charge on any atom is 0.220 e. The Balaban J connectivity index is 1.23. The second kappa shape index (κ2) is 8.39. The topological polar surface area (TPSA) is 41.6 Å². The molecule has 3 fully saturated rings. The van der Waals surface area contributed by atoms with E-state index < -0.39 is 0 Å². The van der Waals surface area contributed by atoms with Crippen molar-refractivity contribution in [3.8, 4) is 0 Å². The fourth-order valence-electron chi connectivity index (χ4n) is 6.20. The number of likely N-dealkylation sites (tertiary alicyclic amines) is 1. The minimum absolute atomic E-state index is 0.267. The Labute approximate surface area is 175 Å². The van der Waals surface area contributed by atoms with Crippen molar-refractivity contribution >= 4 is 5.91 Å². The van der Waals surface area contributed by atoms with E-state index in [2.05, 4.69) is 34.5 Å². The van der Waals surface area contributed by atoms with Gasteiger partial charge in [-0.1, -0.05) is 24.3 Å². The second-order valence-electron chi connectivity index (χ2n) is 10.0. The van der Waals surface area contributed by atoms with Gasteiger partial charge in [-0.05, 0) is 92.8 Å². The fourth-order valence-corrected chi connectivity index (χ4v) is 6.20. The van der Waals surface area contributed by atoms with Crippen molar-refractivity contribution in [2.45, 2.75) is 75.2 Å². The quantitative estimate of drug-likeness (QED) is 0.818. The van der Waals surface area contributed by atoms with Gasteiger partial charge in [0.25, 0.3) is 0 Å². The van der Waals surface area contributed by atoms with Crippen LogP contribution in [0, 0.1) is 5.92 Å². The normalized spacial score (nSPS) is 27.5. The van der Waals surface area contributed by atoms with E-state index in [4.69, 9.17) is 4.74 Å². The number of hydrogen-bond donors (Lipinski definition) is 1. The number of fused-ring (bicyclic) bond motifs is 2. The highest BCUT2D eigenvalue weighted by Gasteiger charge is 2.45. The molecule has 5 rings (SSSR count). The van der Waals surface area contributed by atoms with Crippen LogP contribution in [0.2, 0.25) is 0 Å². The van der Waals surface area contributed by atoms with Gasteiger partial charge in [0, 0.05) is 32.2 Å². The number of nitrogens with one attached hydrogen (secondary N) is 1. The summed E-state index contributed by atoms with van der Waals surface area (Å²) >= 11 is 0. The van der Waals surface area contributed by atoms with Crippen LogP contribution in [0.4, 0.5) is 0 Å². The summed E-state index contributed by atoms with van der Waals surface area (Å²) in [6.07, 6.45) is 10.4. The Hall–Kier alpha value is -1.39. The molecule has 2 aliphatic carbocycles. The summed E-state index contributed by atoms with van der Waals surface area (Å²) in [7, 11) is 0.